The van der Waals surface area contributed by atoms with Crippen molar-refractivity contribution in [2.45, 2.75) is 12.8 Å². The van der Waals surface area contributed by atoms with Gasteiger partial charge in [0.15, 0.2) is 0 Å². The van der Waals surface area contributed by atoms with Crippen LogP contribution < -0.4 is 10.5 Å². The Kier molecular flexibility index (Phi) is 5.82. The van der Waals surface area contributed by atoms with E-state index in [4.69, 9.17) is 27.4 Å². The molecule has 16 heavy (non-hydrogen) atoms. The first-order chi connectivity index (χ1) is 7.75. The molecule has 1 rings (SSSR count). The van der Waals surface area contributed by atoms with Crippen molar-refractivity contribution in [1.29, 1.82) is 0 Å². The van der Waals surface area contributed by atoms with Gasteiger partial charge in [0.2, 0.25) is 0 Å². The lowest BCUT2D eigenvalue weighted by Crippen LogP contribution is -2.12. The maximum atomic E-state index is 5.62. The van der Waals surface area contributed by atoms with Gasteiger partial charge in [-0.1, -0.05) is 24.4 Å². The number of para-hydroxylation sites is 1. The molecule has 0 saturated carbocycles. The lowest BCUT2D eigenvalue weighted by molar-refractivity contribution is 0.184. The fraction of sp³-hybridized carbons (Fsp3) is 0.417. The number of methoxy groups -OCH3 is 1. The molecule has 0 aliphatic heterocycles. The van der Waals surface area contributed by atoms with Gasteiger partial charge >= 0.3 is 0 Å². The van der Waals surface area contributed by atoms with Crippen molar-refractivity contribution in [3.8, 4) is 5.75 Å². The minimum Gasteiger partial charge on any atom is -0.493 e. The van der Waals surface area contributed by atoms with Crippen molar-refractivity contribution >= 4 is 17.2 Å². The van der Waals surface area contributed by atoms with Crippen molar-refractivity contribution in [2.75, 3.05) is 20.3 Å². The minimum absolute atomic E-state index is 0.368. The van der Waals surface area contributed by atoms with Crippen LogP contribution in [0.4, 0.5) is 0 Å². The van der Waals surface area contributed by atoms with Gasteiger partial charge in [-0.25, -0.2) is 0 Å². The quantitative estimate of drug-likeness (QED) is 0.585. The van der Waals surface area contributed by atoms with Crippen LogP contribution in [0.3, 0.4) is 0 Å². The smallest absolute Gasteiger partial charge is 0.129 e. The maximum Gasteiger partial charge on any atom is 0.129 e. The molecule has 2 N–H and O–H groups in total. The zero-order valence-corrected chi connectivity index (χ0v) is 10.3. The summed E-state index contributed by atoms with van der Waals surface area (Å²) in [4.78, 5) is 0.368. The van der Waals surface area contributed by atoms with Crippen molar-refractivity contribution in [1.82, 2.24) is 0 Å². The molecule has 0 atom stereocenters. The Balaban J connectivity index is 2.44. The van der Waals surface area contributed by atoms with Gasteiger partial charge < -0.3 is 15.2 Å². The summed E-state index contributed by atoms with van der Waals surface area (Å²) in [5, 5.41) is 0. The molecule has 0 bridgehead atoms. The molecule has 0 spiro atoms. The van der Waals surface area contributed by atoms with Crippen LogP contribution in [0.5, 0.6) is 5.75 Å². The van der Waals surface area contributed by atoms with Gasteiger partial charge in [0, 0.05) is 13.7 Å². The summed E-state index contributed by atoms with van der Waals surface area (Å²) in [5.41, 5.74) is 6.39. The summed E-state index contributed by atoms with van der Waals surface area (Å²) in [6.45, 7) is 1.42. The molecule has 0 saturated heterocycles. The van der Waals surface area contributed by atoms with Crippen LogP contribution in [0.1, 0.15) is 18.4 Å². The molecular formula is C12H17NO2S. The van der Waals surface area contributed by atoms with Crippen LogP contribution in [0.15, 0.2) is 24.3 Å². The van der Waals surface area contributed by atoms with Crippen molar-refractivity contribution < 1.29 is 9.47 Å². The molecular weight excluding hydrogens is 222 g/mol. The summed E-state index contributed by atoms with van der Waals surface area (Å²) < 4.78 is 10.6. The Labute approximate surface area is 102 Å². The van der Waals surface area contributed by atoms with Crippen LogP contribution in [0, 0.1) is 0 Å². The third-order valence-electron chi connectivity index (χ3n) is 2.15. The Morgan fingerprint density at radius 3 is 2.62 bits per heavy atom. The average molecular weight is 239 g/mol. The van der Waals surface area contributed by atoms with Gasteiger partial charge in [-0.05, 0) is 25.0 Å². The van der Waals surface area contributed by atoms with Gasteiger partial charge in [-0.15, -0.1) is 0 Å². The summed E-state index contributed by atoms with van der Waals surface area (Å²) in [5.74, 6) is 0.757. The Morgan fingerprint density at radius 1 is 1.25 bits per heavy atom. The molecule has 1 aromatic rings. The molecule has 0 aromatic heterocycles. The standard InChI is InChI=1S/C12H17NO2S/c1-14-8-4-5-9-15-11-7-3-2-6-10(11)12(13)16/h2-3,6-7H,4-5,8-9H2,1H3,(H2,13,16). The monoisotopic (exact) mass is 239 g/mol. The summed E-state index contributed by atoms with van der Waals surface area (Å²) >= 11 is 4.95. The zero-order valence-electron chi connectivity index (χ0n) is 9.44. The predicted octanol–water partition coefficient (Wildman–Crippen LogP) is 2.13. The number of ether oxygens (including phenoxy) is 2. The van der Waals surface area contributed by atoms with E-state index in [-0.39, 0.29) is 0 Å². The third-order valence-corrected chi connectivity index (χ3v) is 2.37. The second kappa shape index (κ2) is 7.19. The minimum atomic E-state index is 0.368. The van der Waals surface area contributed by atoms with Crippen molar-refractivity contribution in [2.24, 2.45) is 5.73 Å². The lowest BCUT2D eigenvalue weighted by atomic mass is 10.2. The van der Waals surface area contributed by atoms with E-state index in [0.717, 1.165) is 30.8 Å². The summed E-state index contributed by atoms with van der Waals surface area (Å²) in [7, 11) is 1.70. The number of hydrogen-bond acceptors (Lipinski definition) is 3. The molecule has 3 nitrogen and oxygen atoms in total. The molecule has 4 heteroatoms. The van der Waals surface area contributed by atoms with Gasteiger partial charge in [0.05, 0.1) is 12.2 Å². The number of rotatable bonds is 7. The van der Waals surface area contributed by atoms with E-state index in [0.29, 0.717) is 11.6 Å². The summed E-state index contributed by atoms with van der Waals surface area (Å²) in [6.07, 6.45) is 1.95. The Morgan fingerprint density at radius 2 is 1.94 bits per heavy atom. The first kappa shape index (κ1) is 12.9. The Hall–Kier alpha value is -1.13. The highest BCUT2D eigenvalue weighted by molar-refractivity contribution is 7.80. The normalized spacial score (nSPS) is 10.1. The van der Waals surface area contributed by atoms with Gasteiger partial charge in [0.1, 0.15) is 10.7 Å². The van der Waals surface area contributed by atoms with Crippen LogP contribution >= 0.6 is 12.2 Å². The van der Waals surface area contributed by atoms with Crippen LogP contribution in [0.2, 0.25) is 0 Å². The number of benzene rings is 1. The summed E-state index contributed by atoms with van der Waals surface area (Å²) in [6, 6.07) is 7.55. The highest BCUT2D eigenvalue weighted by atomic mass is 32.1. The van der Waals surface area contributed by atoms with E-state index < -0.39 is 0 Å². The van der Waals surface area contributed by atoms with Gasteiger partial charge in [-0.3, -0.25) is 0 Å². The predicted molar refractivity (Wildman–Crippen MR) is 68.9 cm³/mol. The van der Waals surface area contributed by atoms with Crippen LogP contribution in [-0.4, -0.2) is 25.3 Å². The molecule has 0 aliphatic carbocycles. The fourth-order valence-corrected chi connectivity index (χ4v) is 1.50. The average Bonchev–Trinajstić information content (AvgIpc) is 2.29. The first-order valence-corrected chi connectivity index (χ1v) is 5.67. The molecule has 0 unspecified atom stereocenters. The number of hydrogen-bond donors (Lipinski definition) is 1. The first-order valence-electron chi connectivity index (χ1n) is 5.26. The fourth-order valence-electron chi connectivity index (χ4n) is 1.33. The van der Waals surface area contributed by atoms with Crippen molar-refractivity contribution in [3.05, 3.63) is 29.8 Å². The second-order valence-electron chi connectivity index (χ2n) is 3.41. The lowest BCUT2D eigenvalue weighted by Gasteiger charge is -2.10. The van der Waals surface area contributed by atoms with Crippen LogP contribution in [-0.2, 0) is 4.74 Å². The van der Waals surface area contributed by atoms with E-state index >= 15 is 0 Å². The Bertz CT molecular complexity index is 342. The van der Waals surface area contributed by atoms with E-state index in [1.165, 1.54) is 0 Å². The number of unbranched alkanes of at least 4 members (excludes halogenated alkanes) is 1. The van der Waals surface area contributed by atoms with Gasteiger partial charge in [-0.2, -0.15) is 0 Å². The highest BCUT2D eigenvalue weighted by Crippen LogP contribution is 2.17. The SMILES string of the molecule is COCCCCOc1ccccc1C(N)=S. The van der Waals surface area contributed by atoms with Gasteiger partial charge in [0.25, 0.3) is 0 Å². The molecule has 0 aliphatic rings. The topological polar surface area (TPSA) is 44.5 Å². The number of nitrogens with two attached hydrogens (primary N) is 1. The molecule has 0 fully saturated rings. The van der Waals surface area contributed by atoms with E-state index in [1.807, 2.05) is 24.3 Å². The van der Waals surface area contributed by atoms with E-state index in [2.05, 4.69) is 0 Å². The third kappa shape index (κ3) is 4.16. The molecule has 88 valence electrons. The van der Waals surface area contributed by atoms with E-state index in [9.17, 15) is 0 Å². The highest BCUT2D eigenvalue weighted by Gasteiger charge is 2.04. The molecule has 0 amide bonds. The molecule has 0 heterocycles. The zero-order chi connectivity index (χ0) is 11.8. The largest absolute Gasteiger partial charge is 0.493 e. The molecule has 1 aromatic carbocycles. The molecule has 0 radical (unpaired) electrons. The number of thiocarbonyl (C=S) groups is 1. The van der Waals surface area contributed by atoms with E-state index in [1.54, 1.807) is 7.11 Å². The van der Waals surface area contributed by atoms with Crippen LogP contribution in [0.25, 0.3) is 0 Å². The maximum absolute atomic E-state index is 5.62. The second-order valence-corrected chi connectivity index (χ2v) is 3.85. The van der Waals surface area contributed by atoms with Crippen molar-refractivity contribution in [3.63, 3.8) is 0 Å².